The van der Waals surface area contributed by atoms with Gasteiger partial charge in [-0.05, 0) is 38.7 Å². The van der Waals surface area contributed by atoms with Gasteiger partial charge in [-0.3, -0.25) is 4.99 Å². The summed E-state index contributed by atoms with van der Waals surface area (Å²) in [6.45, 7) is 9.21. The molecule has 0 fully saturated rings. The lowest BCUT2D eigenvalue weighted by Crippen LogP contribution is -2.40. The van der Waals surface area contributed by atoms with Gasteiger partial charge < -0.3 is 15.1 Å². The van der Waals surface area contributed by atoms with E-state index in [0.29, 0.717) is 0 Å². The Morgan fingerprint density at radius 3 is 2.71 bits per heavy atom. The van der Waals surface area contributed by atoms with Crippen molar-refractivity contribution in [3.05, 3.63) is 24.2 Å². The molecule has 0 saturated heterocycles. The van der Waals surface area contributed by atoms with Crippen molar-refractivity contribution in [2.45, 2.75) is 44.8 Å². The monoisotopic (exact) mass is 311 g/mol. The molecule has 21 heavy (non-hydrogen) atoms. The minimum absolute atomic E-state index is 0.167. The number of hydrogen-bond acceptors (Lipinski definition) is 3. The van der Waals surface area contributed by atoms with Gasteiger partial charge >= 0.3 is 0 Å². The summed E-state index contributed by atoms with van der Waals surface area (Å²) in [4.78, 5) is 4.70. The Morgan fingerprint density at radius 2 is 2.10 bits per heavy atom. The lowest BCUT2D eigenvalue weighted by Gasteiger charge is -2.20. The maximum absolute atomic E-state index is 5.34. The number of furan rings is 1. The van der Waals surface area contributed by atoms with Crippen molar-refractivity contribution in [3.63, 3.8) is 0 Å². The first kappa shape index (κ1) is 18.0. The molecule has 0 radical (unpaired) electrons. The summed E-state index contributed by atoms with van der Waals surface area (Å²) in [6.07, 6.45) is 7.05. The van der Waals surface area contributed by atoms with Crippen LogP contribution in [0, 0.1) is 0 Å². The van der Waals surface area contributed by atoms with Crippen LogP contribution in [0.3, 0.4) is 0 Å². The van der Waals surface area contributed by atoms with Crippen LogP contribution in [0.2, 0.25) is 0 Å². The number of unbranched alkanes of at least 4 members (excludes halogenated alkanes) is 1. The van der Waals surface area contributed by atoms with Crippen LogP contribution in [0.5, 0.6) is 0 Å². The number of guanidine groups is 1. The Hall–Kier alpha value is -1.10. The van der Waals surface area contributed by atoms with Crippen LogP contribution in [0.25, 0.3) is 0 Å². The fourth-order valence-corrected chi connectivity index (χ4v) is 1.84. The van der Waals surface area contributed by atoms with Gasteiger partial charge in [-0.25, -0.2) is 0 Å². The molecule has 0 spiro atoms. The number of rotatable bonds is 9. The van der Waals surface area contributed by atoms with E-state index in [0.717, 1.165) is 44.2 Å². The Balaban J connectivity index is 2.44. The topological polar surface area (TPSA) is 49.6 Å². The average molecular weight is 311 g/mol. The molecule has 0 unspecified atom stereocenters. The van der Waals surface area contributed by atoms with E-state index in [1.807, 2.05) is 23.9 Å². The summed E-state index contributed by atoms with van der Waals surface area (Å²) >= 11 is 1.84. The molecule has 0 aliphatic heterocycles. The minimum Gasteiger partial charge on any atom is -0.469 e. The van der Waals surface area contributed by atoms with Crippen molar-refractivity contribution in [2.24, 2.45) is 4.99 Å². The summed E-state index contributed by atoms with van der Waals surface area (Å²) in [6, 6.07) is 3.92. The fourth-order valence-electron chi connectivity index (χ4n) is 1.65. The first-order chi connectivity index (χ1) is 10.1. The van der Waals surface area contributed by atoms with E-state index in [4.69, 9.17) is 9.41 Å². The lowest BCUT2D eigenvalue weighted by atomic mass is 10.2. The molecule has 1 aromatic heterocycles. The first-order valence-corrected chi connectivity index (χ1v) is 8.89. The number of nitrogens with one attached hydrogen (secondary N) is 2. The van der Waals surface area contributed by atoms with E-state index in [9.17, 15) is 0 Å². The van der Waals surface area contributed by atoms with Gasteiger partial charge in [0, 0.05) is 24.3 Å². The van der Waals surface area contributed by atoms with Gasteiger partial charge in [-0.15, -0.1) is 0 Å². The van der Waals surface area contributed by atoms with E-state index in [2.05, 4.69) is 37.7 Å². The zero-order chi connectivity index (χ0) is 15.6. The third kappa shape index (κ3) is 8.05. The number of aliphatic imine (C=N–C) groups is 1. The molecule has 5 heteroatoms. The van der Waals surface area contributed by atoms with Crippen LogP contribution in [0.4, 0.5) is 0 Å². The number of nitrogens with zero attached hydrogens (tertiary/aromatic N) is 1. The molecule has 0 atom stereocenters. The Morgan fingerprint density at radius 1 is 1.33 bits per heavy atom. The quantitative estimate of drug-likeness (QED) is 0.417. The maximum Gasteiger partial charge on any atom is 0.191 e. The molecule has 0 amide bonds. The number of hydrogen-bond donors (Lipinski definition) is 2. The second kappa shape index (κ2) is 9.77. The number of thioether (sulfide) groups is 1. The predicted octanol–water partition coefficient (Wildman–Crippen LogP) is 3.30. The van der Waals surface area contributed by atoms with Crippen molar-refractivity contribution >= 4 is 17.7 Å². The highest BCUT2D eigenvalue weighted by atomic mass is 32.2. The second-order valence-corrected chi connectivity index (χ2v) is 7.18. The summed E-state index contributed by atoms with van der Waals surface area (Å²) in [7, 11) is 0. The van der Waals surface area contributed by atoms with E-state index in [1.54, 1.807) is 6.26 Å². The van der Waals surface area contributed by atoms with Crippen LogP contribution in [-0.4, -0.2) is 36.6 Å². The van der Waals surface area contributed by atoms with Crippen molar-refractivity contribution in [2.75, 3.05) is 25.9 Å². The van der Waals surface area contributed by atoms with Crippen LogP contribution in [0.15, 0.2) is 27.8 Å². The highest BCUT2D eigenvalue weighted by molar-refractivity contribution is 7.99. The molecule has 1 heterocycles. The zero-order valence-corrected chi connectivity index (χ0v) is 14.6. The van der Waals surface area contributed by atoms with Gasteiger partial charge in [-0.2, -0.15) is 11.8 Å². The highest BCUT2D eigenvalue weighted by Crippen LogP contribution is 2.20. The van der Waals surface area contributed by atoms with Crippen molar-refractivity contribution in [1.82, 2.24) is 10.6 Å². The summed E-state index contributed by atoms with van der Waals surface area (Å²) in [5, 5.41) is 6.78. The van der Waals surface area contributed by atoms with E-state index in [-0.39, 0.29) is 4.75 Å². The molecule has 1 aromatic rings. The molecule has 120 valence electrons. The Labute approximate surface area is 133 Å². The molecule has 0 saturated carbocycles. The van der Waals surface area contributed by atoms with E-state index < -0.39 is 0 Å². The molecule has 2 N–H and O–H groups in total. The summed E-state index contributed by atoms with van der Waals surface area (Å²) in [5.74, 6) is 1.90. The molecular weight excluding hydrogens is 282 g/mol. The van der Waals surface area contributed by atoms with E-state index in [1.165, 1.54) is 6.42 Å². The maximum atomic E-state index is 5.34. The summed E-state index contributed by atoms with van der Waals surface area (Å²) < 4.78 is 5.51. The first-order valence-electron chi connectivity index (χ1n) is 7.67. The molecule has 0 aromatic carbocycles. The van der Waals surface area contributed by atoms with Crippen molar-refractivity contribution in [3.8, 4) is 0 Å². The smallest absolute Gasteiger partial charge is 0.191 e. The second-order valence-electron chi connectivity index (χ2n) is 5.67. The fraction of sp³-hybridized carbons (Fsp3) is 0.688. The molecular formula is C16H29N3OS. The minimum atomic E-state index is 0.167. The van der Waals surface area contributed by atoms with E-state index >= 15 is 0 Å². The largest absolute Gasteiger partial charge is 0.469 e. The third-order valence-corrected chi connectivity index (χ3v) is 4.47. The Bertz CT molecular complexity index is 402. The van der Waals surface area contributed by atoms with Crippen molar-refractivity contribution < 1.29 is 4.42 Å². The van der Waals surface area contributed by atoms with Crippen LogP contribution >= 0.6 is 11.8 Å². The molecule has 0 aliphatic carbocycles. The average Bonchev–Trinajstić information content (AvgIpc) is 2.98. The van der Waals surface area contributed by atoms with Gasteiger partial charge in [0.1, 0.15) is 5.76 Å². The summed E-state index contributed by atoms with van der Waals surface area (Å²) in [5.41, 5.74) is 0. The van der Waals surface area contributed by atoms with Gasteiger partial charge in [0.05, 0.1) is 12.8 Å². The molecule has 4 nitrogen and oxygen atoms in total. The SMILES string of the molecule is CCCCNC(=NCC(C)(C)SC)NCCc1ccco1. The standard InChI is InChI=1S/C16H29N3OS/c1-5-6-10-17-15(19-13-16(2,3)21-4)18-11-9-14-8-7-12-20-14/h7-8,12H,5-6,9-11,13H2,1-4H3,(H2,17,18,19). The van der Waals surface area contributed by atoms with Crippen LogP contribution in [0.1, 0.15) is 39.4 Å². The Kier molecular flexibility index (Phi) is 8.35. The predicted molar refractivity (Wildman–Crippen MR) is 93.2 cm³/mol. The zero-order valence-electron chi connectivity index (χ0n) is 13.7. The molecule has 1 rings (SSSR count). The van der Waals surface area contributed by atoms with Crippen molar-refractivity contribution in [1.29, 1.82) is 0 Å². The van der Waals surface area contributed by atoms with Crippen LogP contribution < -0.4 is 10.6 Å². The third-order valence-electron chi connectivity index (χ3n) is 3.24. The van der Waals surface area contributed by atoms with Gasteiger partial charge in [0.15, 0.2) is 5.96 Å². The van der Waals surface area contributed by atoms with Gasteiger partial charge in [0.2, 0.25) is 0 Å². The van der Waals surface area contributed by atoms with Crippen LogP contribution in [-0.2, 0) is 6.42 Å². The van der Waals surface area contributed by atoms with Gasteiger partial charge in [0.25, 0.3) is 0 Å². The lowest BCUT2D eigenvalue weighted by molar-refractivity contribution is 0.506. The highest BCUT2D eigenvalue weighted by Gasteiger charge is 2.15. The molecule has 0 bridgehead atoms. The van der Waals surface area contributed by atoms with Gasteiger partial charge in [-0.1, -0.05) is 13.3 Å². The molecule has 0 aliphatic rings. The normalized spacial score (nSPS) is 12.5.